The van der Waals surface area contributed by atoms with Crippen LogP contribution in [0.2, 0.25) is 0 Å². The highest BCUT2D eigenvalue weighted by atomic mass is 79.9. The van der Waals surface area contributed by atoms with Crippen LogP contribution in [0.25, 0.3) is 10.2 Å². The Kier molecular flexibility index (Phi) is 4.40. The van der Waals surface area contributed by atoms with Crippen molar-refractivity contribution in [2.24, 2.45) is 12.0 Å². The van der Waals surface area contributed by atoms with Gasteiger partial charge < -0.3 is 9.30 Å². The summed E-state index contributed by atoms with van der Waals surface area (Å²) in [6.07, 6.45) is 0. The number of benzene rings is 2. The number of thiazole rings is 1. The van der Waals surface area contributed by atoms with E-state index in [4.69, 9.17) is 4.74 Å². The summed E-state index contributed by atoms with van der Waals surface area (Å²) in [4.78, 5) is 16.8. The van der Waals surface area contributed by atoms with Crippen LogP contribution in [0, 0.1) is 0 Å². The number of rotatable bonds is 3. The van der Waals surface area contributed by atoms with Crippen LogP contribution in [-0.4, -0.2) is 17.1 Å². The monoisotopic (exact) mass is 376 g/mol. The Labute approximate surface area is 139 Å². The number of fused-ring (bicyclic) bond motifs is 1. The van der Waals surface area contributed by atoms with Crippen molar-refractivity contribution >= 4 is 43.4 Å². The van der Waals surface area contributed by atoms with Crippen molar-refractivity contribution in [3.05, 3.63) is 57.8 Å². The second-order valence-corrected chi connectivity index (χ2v) is 6.50. The Morgan fingerprint density at radius 1 is 1.23 bits per heavy atom. The molecule has 0 saturated carbocycles. The number of amides is 1. The molecule has 22 heavy (non-hydrogen) atoms. The number of aryl methyl sites for hydroxylation is 1. The molecule has 0 spiro atoms. The van der Waals surface area contributed by atoms with Crippen LogP contribution in [0.3, 0.4) is 0 Å². The molecule has 0 fully saturated rings. The molecular formula is C16H13BrN2O2S. The summed E-state index contributed by atoms with van der Waals surface area (Å²) in [7, 11) is 1.90. The standard InChI is InChI=1S/C16H13BrN2O2S/c1-19-15-12(17)8-5-9-13(15)22-16(19)18-14(20)10-21-11-6-3-2-4-7-11/h2-9H,10H2,1H3. The number of ether oxygens (including phenoxy) is 1. The van der Waals surface area contributed by atoms with Crippen molar-refractivity contribution in [1.29, 1.82) is 0 Å². The number of aromatic nitrogens is 1. The number of nitrogens with zero attached hydrogens (tertiary/aromatic N) is 2. The second-order valence-electron chi connectivity index (χ2n) is 4.64. The van der Waals surface area contributed by atoms with E-state index in [1.807, 2.05) is 60.1 Å². The molecule has 3 rings (SSSR count). The minimum atomic E-state index is -0.304. The average molecular weight is 377 g/mol. The maximum atomic E-state index is 12.0. The molecule has 0 unspecified atom stereocenters. The summed E-state index contributed by atoms with van der Waals surface area (Å²) < 4.78 is 9.39. The van der Waals surface area contributed by atoms with Crippen LogP contribution in [0.15, 0.2) is 58.0 Å². The van der Waals surface area contributed by atoms with Crippen molar-refractivity contribution in [2.45, 2.75) is 0 Å². The third kappa shape index (κ3) is 3.13. The first-order chi connectivity index (χ1) is 10.6. The first-order valence-corrected chi connectivity index (χ1v) is 8.25. The topological polar surface area (TPSA) is 43.6 Å². The molecule has 0 aliphatic heterocycles. The molecule has 1 amide bonds. The Morgan fingerprint density at radius 3 is 2.73 bits per heavy atom. The summed E-state index contributed by atoms with van der Waals surface area (Å²) in [5.41, 5.74) is 1.03. The van der Waals surface area contributed by atoms with Crippen LogP contribution < -0.4 is 9.54 Å². The molecule has 0 N–H and O–H groups in total. The van der Waals surface area contributed by atoms with Gasteiger partial charge in [-0.15, -0.1) is 0 Å². The Hall–Kier alpha value is -1.92. The maximum Gasteiger partial charge on any atom is 0.286 e. The van der Waals surface area contributed by atoms with Crippen LogP contribution in [-0.2, 0) is 11.8 Å². The second kappa shape index (κ2) is 6.46. The molecule has 0 aliphatic rings. The molecule has 0 bridgehead atoms. The van der Waals surface area contributed by atoms with E-state index in [1.165, 1.54) is 11.3 Å². The van der Waals surface area contributed by atoms with Gasteiger partial charge in [0, 0.05) is 11.5 Å². The summed E-state index contributed by atoms with van der Waals surface area (Å²) in [6, 6.07) is 15.2. The summed E-state index contributed by atoms with van der Waals surface area (Å²) in [5.74, 6) is 0.358. The van der Waals surface area contributed by atoms with Gasteiger partial charge in [-0.05, 0) is 40.2 Å². The Morgan fingerprint density at radius 2 is 2.00 bits per heavy atom. The van der Waals surface area contributed by atoms with E-state index in [0.29, 0.717) is 10.6 Å². The van der Waals surface area contributed by atoms with Gasteiger partial charge >= 0.3 is 0 Å². The van der Waals surface area contributed by atoms with Gasteiger partial charge in [-0.3, -0.25) is 4.79 Å². The number of carbonyl (C=O) groups excluding carboxylic acids is 1. The third-order valence-corrected chi connectivity index (χ3v) is 4.84. The molecule has 6 heteroatoms. The van der Waals surface area contributed by atoms with Crippen molar-refractivity contribution in [3.63, 3.8) is 0 Å². The molecule has 0 saturated heterocycles. The molecule has 2 aromatic carbocycles. The smallest absolute Gasteiger partial charge is 0.286 e. The van der Waals surface area contributed by atoms with Crippen LogP contribution in [0.1, 0.15) is 0 Å². The van der Waals surface area contributed by atoms with E-state index >= 15 is 0 Å². The lowest BCUT2D eigenvalue weighted by atomic mass is 10.3. The van der Waals surface area contributed by atoms with Crippen LogP contribution >= 0.6 is 27.3 Å². The van der Waals surface area contributed by atoms with E-state index in [-0.39, 0.29) is 12.5 Å². The predicted octanol–water partition coefficient (Wildman–Crippen LogP) is 3.51. The third-order valence-electron chi connectivity index (χ3n) is 3.10. The first kappa shape index (κ1) is 15.0. The largest absolute Gasteiger partial charge is 0.484 e. The molecule has 3 aromatic rings. The van der Waals surface area contributed by atoms with Gasteiger partial charge in [0.15, 0.2) is 11.4 Å². The minimum Gasteiger partial charge on any atom is -0.484 e. The van der Waals surface area contributed by atoms with E-state index < -0.39 is 0 Å². The highest BCUT2D eigenvalue weighted by Gasteiger charge is 2.08. The van der Waals surface area contributed by atoms with E-state index in [2.05, 4.69) is 20.9 Å². The van der Waals surface area contributed by atoms with E-state index in [9.17, 15) is 4.79 Å². The van der Waals surface area contributed by atoms with Crippen LogP contribution in [0.5, 0.6) is 5.75 Å². The molecule has 1 aromatic heterocycles. The van der Waals surface area contributed by atoms with Gasteiger partial charge in [0.1, 0.15) is 5.75 Å². The zero-order valence-electron chi connectivity index (χ0n) is 11.8. The lowest BCUT2D eigenvalue weighted by Gasteiger charge is -2.02. The average Bonchev–Trinajstić information content (AvgIpc) is 2.84. The zero-order valence-corrected chi connectivity index (χ0v) is 14.2. The number of carbonyl (C=O) groups is 1. The fourth-order valence-corrected chi connectivity index (χ4v) is 3.89. The lowest BCUT2D eigenvalue weighted by Crippen LogP contribution is -2.17. The van der Waals surface area contributed by atoms with Gasteiger partial charge in [-0.2, -0.15) is 4.99 Å². The Bertz CT molecular complexity index is 884. The maximum absolute atomic E-state index is 12.0. The SMILES string of the molecule is Cn1c(=NC(=O)COc2ccccc2)sc2cccc(Br)c21. The van der Waals surface area contributed by atoms with E-state index in [1.54, 1.807) is 0 Å². The van der Waals surface area contributed by atoms with Gasteiger partial charge in [-0.25, -0.2) is 0 Å². The fraction of sp³-hybridized carbons (Fsp3) is 0.125. The normalized spacial score (nSPS) is 11.8. The zero-order chi connectivity index (χ0) is 15.5. The number of hydrogen-bond donors (Lipinski definition) is 0. The van der Waals surface area contributed by atoms with Crippen molar-refractivity contribution in [2.75, 3.05) is 6.61 Å². The van der Waals surface area contributed by atoms with Gasteiger partial charge in [0.25, 0.3) is 5.91 Å². The molecule has 4 nitrogen and oxygen atoms in total. The van der Waals surface area contributed by atoms with Crippen LogP contribution in [0.4, 0.5) is 0 Å². The predicted molar refractivity (Wildman–Crippen MR) is 91.0 cm³/mol. The van der Waals surface area contributed by atoms with E-state index in [0.717, 1.165) is 14.7 Å². The molecule has 0 aliphatic carbocycles. The first-order valence-electron chi connectivity index (χ1n) is 6.64. The highest BCUT2D eigenvalue weighted by molar-refractivity contribution is 9.10. The molecule has 0 radical (unpaired) electrons. The summed E-state index contributed by atoms with van der Waals surface area (Å²) in [5, 5.41) is 0. The summed E-state index contributed by atoms with van der Waals surface area (Å²) >= 11 is 5.00. The number of para-hydroxylation sites is 2. The van der Waals surface area contributed by atoms with Gasteiger partial charge in [0.2, 0.25) is 0 Å². The van der Waals surface area contributed by atoms with Gasteiger partial charge in [-0.1, -0.05) is 35.6 Å². The number of hydrogen-bond acceptors (Lipinski definition) is 3. The fourth-order valence-electron chi connectivity index (χ4n) is 2.06. The Balaban J connectivity index is 1.84. The molecule has 0 atom stereocenters. The van der Waals surface area contributed by atoms with Gasteiger partial charge in [0.05, 0.1) is 10.2 Å². The number of halogens is 1. The van der Waals surface area contributed by atoms with Crippen molar-refractivity contribution in [3.8, 4) is 5.75 Å². The van der Waals surface area contributed by atoms with Crippen molar-refractivity contribution < 1.29 is 9.53 Å². The lowest BCUT2D eigenvalue weighted by molar-refractivity contribution is -0.120. The minimum absolute atomic E-state index is 0.0700. The molecular weight excluding hydrogens is 364 g/mol. The quantitative estimate of drug-likeness (QED) is 0.701. The molecule has 112 valence electrons. The molecule has 1 heterocycles. The highest BCUT2D eigenvalue weighted by Crippen LogP contribution is 2.24. The van der Waals surface area contributed by atoms with Crippen molar-refractivity contribution in [1.82, 2.24) is 4.57 Å². The summed E-state index contributed by atoms with van der Waals surface area (Å²) in [6.45, 7) is -0.0700.